The van der Waals surface area contributed by atoms with E-state index in [1.165, 1.54) is 12.3 Å². The van der Waals surface area contributed by atoms with Gasteiger partial charge in [0, 0.05) is 6.21 Å². The lowest BCUT2D eigenvalue weighted by atomic mass is 10.3. The van der Waals surface area contributed by atoms with Crippen LogP contribution in [0, 0.1) is 11.3 Å². The predicted octanol–water partition coefficient (Wildman–Crippen LogP) is 1.04. The zero-order chi connectivity index (χ0) is 11.3. The van der Waals surface area contributed by atoms with E-state index in [2.05, 4.69) is 15.0 Å². The fraction of sp³-hybridized carbons (Fsp3) is 0.222. The molecule has 1 aliphatic heterocycles. The molecule has 1 N–H and O–H groups in total. The summed E-state index contributed by atoms with van der Waals surface area (Å²) < 4.78 is 4.69. The molecule has 0 radical (unpaired) electrons. The molecule has 0 aromatic rings. The SMILES string of the molecule is CCOC(=O)/C(C#N)=C1/N=CC=C(Cl)N1. The molecule has 0 aromatic carbocycles. The van der Waals surface area contributed by atoms with Gasteiger partial charge in [-0.3, -0.25) is 0 Å². The quantitative estimate of drug-likeness (QED) is 0.330. The minimum absolute atomic E-state index is 0.100. The summed E-state index contributed by atoms with van der Waals surface area (Å²) in [6.45, 7) is 1.85. The minimum Gasteiger partial charge on any atom is -0.462 e. The Hall–Kier alpha value is -1.80. The van der Waals surface area contributed by atoms with Crippen molar-refractivity contribution in [3.05, 3.63) is 22.6 Å². The number of aliphatic imine (C=N–C) groups is 1. The second-order valence-electron chi connectivity index (χ2n) is 2.47. The van der Waals surface area contributed by atoms with Gasteiger partial charge >= 0.3 is 5.97 Å². The van der Waals surface area contributed by atoms with E-state index < -0.39 is 5.97 Å². The molecule has 0 spiro atoms. The lowest BCUT2D eigenvalue weighted by molar-refractivity contribution is -0.138. The highest BCUT2D eigenvalue weighted by Gasteiger charge is 2.17. The standard InChI is InChI=1S/C9H8ClN3O2/c1-2-15-9(14)6(5-11)8-12-4-3-7(10)13-8/h3-4,13H,2H2,1H3/b8-6-. The van der Waals surface area contributed by atoms with Gasteiger partial charge in [-0.05, 0) is 13.0 Å². The molecular weight excluding hydrogens is 218 g/mol. The van der Waals surface area contributed by atoms with E-state index in [0.29, 0.717) is 0 Å². The summed E-state index contributed by atoms with van der Waals surface area (Å²) in [7, 11) is 0. The van der Waals surface area contributed by atoms with Gasteiger partial charge in [0.1, 0.15) is 11.2 Å². The van der Waals surface area contributed by atoms with Crippen LogP contribution in [0.15, 0.2) is 27.6 Å². The minimum atomic E-state index is -0.717. The first kappa shape index (κ1) is 11.3. The summed E-state index contributed by atoms with van der Waals surface area (Å²) in [5, 5.41) is 11.7. The normalized spacial score (nSPS) is 17.3. The second-order valence-corrected chi connectivity index (χ2v) is 2.88. The molecule has 0 saturated carbocycles. The molecule has 0 amide bonds. The number of hydrogen-bond acceptors (Lipinski definition) is 5. The fourth-order valence-electron chi connectivity index (χ4n) is 0.890. The van der Waals surface area contributed by atoms with Crippen molar-refractivity contribution in [3.63, 3.8) is 0 Å². The Kier molecular flexibility index (Phi) is 3.89. The number of allylic oxidation sites excluding steroid dienone is 1. The molecule has 0 unspecified atom stereocenters. The fourth-order valence-corrected chi connectivity index (χ4v) is 1.04. The van der Waals surface area contributed by atoms with Crippen LogP contribution in [0.25, 0.3) is 0 Å². The number of halogens is 1. The van der Waals surface area contributed by atoms with E-state index in [1.54, 1.807) is 13.0 Å². The van der Waals surface area contributed by atoms with Gasteiger partial charge in [0.05, 0.1) is 6.61 Å². The third kappa shape index (κ3) is 2.82. The van der Waals surface area contributed by atoms with E-state index in [-0.39, 0.29) is 23.2 Å². The molecular formula is C9H8ClN3O2. The van der Waals surface area contributed by atoms with Crippen molar-refractivity contribution in [2.24, 2.45) is 4.99 Å². The summed E-state index contributed by atoms with van der Waals surface area (Å²) in [6.07, 6.45) is 2.90. The molecule has 0 fully saturated rings. The lowest BCUT2D eigenvalue weighted by Crippen LogP contribution is -2.18. The molecule has 0 bridgehead atoms. The predicted molar refractivity (Wildman–Crippen MR) is 54.8 cm³/mol. The highest BCUT2D eigenvalue weighted by Crippen LogP contribution is 2.11. The molecule has 0 aromatic heterocycles. The van der Waals surface area contributed by atoms with E-state index >= 15 is 0 Å². The van der Waals surface area contributed by atoms with Gasteiger partial charge in [0.25, 0.3) is 0 Å². The van der Waals surface area contributed by atoms with E-state index in [0.717, 1.165) is 0 Å². The van der Waals surface area contributed by atoms with Crippen molar-refractivity contribution in [1.82, 2.24) is 5.32 Å². The molecule has 0 saturated heterocycles. The summed E-state index contributed by atoms with van der Waals surface area (Å²) in [4.78, 5) is 15.1. The molecule has 0 aliphatic carbocycles. The van der Waals surface area contributed by atoms with Crippen LogP contribution in [0.3, 0.4) is 0 Å². The molecule has 5 nitrogen and oxygen atoms in total. The van der Waals surface area contributed by atoms with Gasteiger partial charge in [-0.2, -0.15) is 5.26 Å². The largest absolute Gasteiger partial charge is 0.462 e. The zero-order valence-corrected chi connectivity index (χ0v) is 8.71. The number of nitriles is 1. The summed E-state index contributed by atoms with van der Waals surface area (Å²) in [6, 6.07) is 1.72. The molecule has 78 valence electrons. The van der Waals surface area contributed by atoms with Crippen molar-refractivity contribution in [1.29, 1.82) is 5.26 Å². The maximum atomic E-state index is 11.3. The molecule has 1 aliphatic rings. The van der Waals surface area contributed by atoms with Gasteiger partial charge in [0.15, 0.2) is 11.4 Å². The average molecular weight is 226 g/mol. The Morgan fingerprint density at radius 3 is 3.07 bits per heavy atom. The van der Waals surface area contributed by atoms with Crippen LogP contribution in [0.4, 0.5) is 0 Å². The highest BCUT2D eigenvalue weighted by molar-refractivity contribution is 6.30. The topological polar surface area (TPSA) is 74.5 Å². The number of nitrogens with zero attached hydrogens (tertiary/aromatic N) is 2. The molecule has 15 heavy (non-hydrogen) atoms. The first-order chi connectivity index (χ1) is 7.19. The maximum Gasteiger partial charge on any atom is 0.352 e. The highest BCUT2D eigenvalue weighted by atomic mass is 35.5. The number of hydrogen-bond donors (Lipinski definition) is 1. The van der Waals surface area contributed by atoms with Crippen LogP contribution in [-0.4, -0.2) is 18.8 Å². The van der Waals surface area contributed by atoms with Crippen LogP contribution < -0.4 is 5.32 Å². The first-order valence-electron chi connectivity index (χ1n) is 4.17. The van der Waals surface area contributed by atoms with Crippen LogP contribution in [0.2, 0.25) is 0 Å². The van der Waals surface area contributed by atoms with Crippen LogP contribution in [-0.2, 0) is 9.53 Å². The number of ether oxygens (including phenoxy) is 1. The number of carbonyl (C=O) groups is 1. The van der Waals surface area contributed by atoms with Crippen LogP contribution >= 0.6 is 11.6 Å². The van der Waals surface area contributed by atoms with Gasteiger partial charge in [-0.15, -0.1) is 0 Å². The van der Waals surface area contributed by atoms with Crippen molar-refractivity contribution < 1.29 is 9.53 Å². The Morgan fingerprint density at radius 2 is 2.53 bits per heavy atom. The number of rotatable bonds is 2. The van der Waals surface area contributed by atoms with Crippen molar-refractivity contribution in [3.8, 4) is 6.07 Å². The monoisotopic (exact) mass is 225 g/mol. The maximum absolute atomic E-state index is 11.3. The van der Waals surface area contributed by atoms with E-state index in [1.807, 2.05) is 0 Å². The second kappa shape index (κ2) is 5.17. The summed E-state index contributed by atoms with van der Waals surface area (Å²) in [5.74, 6) is -0.616. The third-order valence-electron chi connectivity index (χ3n) is 1.49. The summed E-state index contributed by atoms with van der Waals surface area (Å²) in [5.41, 5.74) is -0.195. The van der Waals surface area contributed by atoms with Crippen LogP contribution in [0.1, 0.15) is 6.92 Å². The van der Waals surface area contributed by atoms with Crippen LogP contribution in [0.5, 0.6) is 0 Å². The zero-order valence-electron chi connectivity index (χ0n) is 7.95. The Balaban J connectivity index is 2.96. The Labute approximate surface area is 91.7 Å². The molecule has 1 heterocycles. The molecule has 0 atom stereocenters. The van der Waals surface area contributed by atoms with E-state index in [9.17, 15) is 4.79 Å². The number of esters is 1. The smallest absolute Gasteiger partial charge is 0.352 e. The van der Waals surface area contributed by atoms with Crippen molar-refractivity contribution in [2.75, 3.05) is 6.61 Å². The lowest BCUT2D eigenvalue weighted by Gasteiger charge is -2.10. The van der Waals surface area contributed by atoms with Crippen molar-refractivity contribution in [2.45, 2.75) is 6.92 Å². The summed E-state index contributed by atoms with van der Waals surface area (Å²) >= 11 is 5.66. The van der Waals surface area contributed by atoms with Gasteiger partial charge in [-0.1, -0.05) is 11.6 Å². The van der Waals surface area contributed by atoms with Crippen molar-refractivity contribution >= 4 is 23.8 Å². The van der Waals surface area contributed by atoms with Gasteiger partial charge < -0.3 is 10.1 Å². The molecule has 1 rings (SSSR count). The Morgan fingerprint density at radius 1 is 1.80 bits per heavy atom. The van der Waals surface area contributed by atoms with E-state index in [4.69, 9.17) is 16.9 Å². The first-order valence-corrected chi connectivity index (χ1v) is 4.55. The number of nitrogens with one attached hydrogen (secondary N) is 1. The third-order valence-corrected chi connectivity index (χ3v) is 1.71. The van der Waals surface area contributed by atoms with Gasteiger partial charge in [-0.25, -0.2) is 9.79 Å². The Bertz CT molecular complexity index is 404. The molecule has 6 heteroatoms. The number of carbonyl (C=O) groups excluding carboxylic acids is 1. The average Bonchev–Trinajstić information content (AvgIpc) is 2.19. The van der Waals surface area contributed by atoms with Gasteiger partial charge in [0.2, 0.25) is 0 Å².